The summed E-state index contributed by atoms with van der Waals surface area (Å²) in [6.07, 6.45) is 0.636. The van der Waals surface area contributed by atoms with E-state index in [1.807, 2.05) is 19.9 Å². The van der Waals surface area contributed by atoms with Gasteiger partial charge >= 0.3 is 0 Å². The van der Waals surface area contributed by atoms with E-state index in [0.29, 0.717) is 0 Å². The Bertz CT molecular complexity index is 331. The Kier molecular flexibility index (Phi) is 3.36. The molecule has 0 spiro atoms. The van der Waals surface area contributed by atoms with E-state index in [1.54, 1.807) is 0 Å². The van der Waals surface area contributed by atoms with Crippen LogP contribution in [-0.4, -0.2) is 17.8 Å². The molecule has 1 aliphatic rings. The van der Waals surface area contributed by atoms with Crippen molar-refractivity contribution in [2.75, 3.05) is 6.61 Å². The third-order valence-corrected chi connectivity index (χ3v) is 4.63. The molecule has 0 radical (unpaired) electrons. The van der Waals surface area contributed by atoms with Crippen molar-refractivity contribution in [2.45, 2.75) is 32.5 Å². The fourth-order valence-electron chi connectivity index (χ4n) is 2.00. The maximum Gasteiger partial charge on any atom is 0.0961 e. The van der Waals surface area contributed by atoms with Gasteiger partial charge in [-0.1, -0.05) is 11.6 Å². The van der Waals surface area contributed by atoms with Gasteiger partial charge in [0.2, 0.25) is 0 Å². The molecule has 1 aromatic heterocycles. The van der Waals surface area contributed by atoms with Gasteiger partial charge in [-0.05, 0) is 31.9 Å². The fourth-order valence-corrected chi connectivity index (χ4v) is 3.28. The lowest BCUT2D eigenvalue weighted by Gasteiger charge is -2.19. The van der Waals surface area contributed by atoms with Gasteiger partial charge in [0.15, 0.2) is 0 Å². The minimum absolute atomic E-state index is 0.140. The third kappa shape index (κ3) is 2.21. The monoisotopic (exact) mass is 246 g/mol. The first-order chi connectivity index (χ1) is 7.09. The van der Waals surface area contributed by atoms with E-state index in [-0.39, 0.29) is 12.0 Å². The number of hydrogen-bond donors (Lipinski definition) is 1. The Balaban J connectivity index is 2.16. The number of thiophene rings is 1. The van der Waals surface area contributed by atoms with Gasteiger partial charge in [-0.3, -0.25) is 0 Å². The highest BCUT2D eigenvalue weighted by atomic mass is 35.5. The Labute approximate surface area is 98.8 Å². The van der Waals surface area contributed by atoms with E-state index in [2.05, 4.69) is 0 Å². The van der Waals surface area contributed by atoms with Gasteiger partial charge in [-0.2, -0.15) is 0 Å². The van der Waals surface area contributed by atoms with E-state index in [4.69, 9.17) is 16.3 Å². The highest BCUT2D eigenvalue weighted by Crippen LogP contribution is 2.38. The number of halogens is 1. The molecule has 0 saturated carbocycles. The van der Waals surface area contributed by atoms with Crippen LogP contribution in [-0.2, 0) is 4.74 Å². The Hall–Kier alpha value is -0.0900. The molecule has 3 atom stereocenters. The summed E-state index contributed by atoms with van der Waals surface area (Å²) in [6, 6.07) is 1.97. The molecule has 2 heterocycles. The molecule has 1 fully saturated rings. The molecular weight excluding hydrogens is 232 g/mol. The number of aliphatic hydroxyl groups is 1. The smallest absolute Gasteiger partial charge is 0.0961 e. The van der Waals surface area contributed by atoms with Gasteiger partial charge in [0.1, 0.15) is 0 Å². The topological polar surface area (TPSA) is 29.5 Å². The normalized spacial score (nSPS) is 28.3. The first-order valence-corrected chi connectivity index (χ1v) is 6.34. The van der Waals surface area contributed by atoms with Gasteiger partial charge in [-0.15, -0.1) is 11.3 Å². The number of ether oxygens (including phenoxy) is 1. The summed E-state index contributed by atoms with van der Waals surface area (Å²) in [7, 11) is 0. The summed E-state index contributed by atoms with van der Waals surface area (Å²) < 4.78 is 6.23. The van der Waals surface area contributed by atoms with Gasteiger partial charge in [0.25, 0.3) is 0 Å². The van der Waals surface area contributed by atoms with Crippen LogP contribution in [0.4, 0.5) is 0 Å². The second-order valence-corrected chi connectivity index (χ2v) is 5.76. The van der Waals surface area contributed by atoms with Crippen molar-refractivity contribution in [3.63, 3.8) is 0 Å². The zero-order valence-electron chi connectivity index (χ0n) is 8.87. The number of aliphatic hydroxyl groups excluding tert-OH is 1. The molecule has 15 heavy (non-hydrogen) atoms. The number of hydrogen-bond acceptors (Lipinski definition) is 3. The quantitative estimate of drug-likeness (QED) is 0.869. The first kappa shape index (κ1) is 11.4. The molecule has 0 aliphatic carbocycles. The lowest BCUT2D eigenvalue weighted by atomic mass is 9.95. The summed E-state index contributed by atoms with van der Waals surface area (Å²) in [4.78, 5) is 0.958. The molecule has 0 bridgehead atoms. The molecule has 1 aliphatic heterocycles. The zero-order valence-corrected chi connectivity index (χ0v) is 10.4. The predicted molar refractivity (Wildman–Crippen MR) is 62.5 cm³/mol. The van der Waals surface area contributed by atoms with Crippen molar-refractivity contribution in [1.82, 2.24) is 0 Å². The van der Waals surface area contributed by atoms with Gasteiger partial charge < -0.3 is 9.84 Å². The molecule has 1 saturated heterocycles. The van der Waals surface area contributed by atoms with Crippen LogP contribution < -0.4 is 0 Å². The minimum Gasteiger partial charge on any atom is -0.387 e. The molecular formula is C11H15ClO2S. The number of rotatable bonds is 2. The molecule has 2 rings (SSSR count). The van der Waals surface area contributed by atoms with Crippen LogP contribution in [0.2, 0.25) is 4.34 Å². The van der Waals surface area contributed by atoms with Gasteiger partial charge in [0, 0.05) is 17.4 Å². The van der Waals surface area contributed by atoms with Crippen LogP contribution in [0.5, 0.6) is 0 Å². The summed E-state index contributed by atoms with van der Waals surface area (Å²) in [5.74, 6) is 0.208. The maximum absolute atomic E-state index is 10.2. The molecule has 0 aromatic carbocycles. The van der Waals surface area contributed by atoms with E-state index in [0.717, 1.165) is 27.8 Å². The van der Waals surface area contributed by atoms with Crippen LogP contribution in [0.15, 0.2) is 6.07 Å². The van der Waals surface area contributed by atoms with E-state index in [9.17, 15) is 5.11 Å². The lowest BCUT2D eigenvalue weighted by molar-refractivity contribution is 0.0448. The minimum atomic E-state index is -0.432. The third-order valence-electron chi connectivity index (χ3n) is 3.01. The zero-order chi connectivity index (χ0) is 11.0. The molecule has 4 heteroatoms. The Morgan fingerprint density at radius 2 is 2.40 bits per heavy atom. The molecule has 0 amide bonds. The van der Waals surface area contributed by atoms with Crippen molar-refractivity contribution in [3.8, 4) is 0 Å². The summed E-state index contributed by atoms with van der Waals surface area (Å²) in [5.41, 5.74) is 1.04. The molecule has 84 valence electrons. The first-order valence-electron chi connectivity index (χ1n) is 5.15. The van der Waals surface area contributed by atoms with E-state index in [1.165, 1.54) is 11.3 Å². The Morgan fingerprint density at radius 3 is 2.87 bits per heavy atom. The average molecular weight is 247 g/mol. The van der Waals surface area contributed by atoms with Gasteiger partial charge in [-0.25, -0.2) is 0 Å². The van der Waals surface area contributed by atoms with Crippen molar-refractivity contribution < 1.29 is 9.84 Å². The molecule has 1 aromatic rings. The molecule has 3 unspecified atom stereocenters. The SMILES string of the molecule is Cc1cc(C(O)C2CCOC2C)sc1Cl. The van der Waals surface area contributed by atoms with Crippen LogP contribution in [0.25, 0.3) is 0 Å². The summed E-state index contributed by atoms with van der Waals surface area (Å²) >= 11 is 7.46. The van der Waals surface area contributed by atoms with Crippen molar-refractivity contribution in [1.29, 1.82) is 0 Å². The largest absolute Gasteiger partial charge is 0.387 e. The van der Waals surface area contributed by atoms with Crippen molar-refractivity contribution in [3.05, 3.63) is 20.8 Å². The van der Waals surface area contributed by atoms with Crippen LogP contribution in [0.3, 0.4) is 0 Å². The summed E-state index contributed by atoms with van der Waals surface area (Å²) in [5, 5.41) is 10.2. The molecule has 1 N–H and O–H groups in total. The standard InChI is InChI=1S/C11H15ClO2S/c1-6-5-9(15-11(6)12)10(13)8-3-4-14-7(8)2/h5,7-8,10,13H,3-4H2,1-2H3. The van der Waals surface area contributed by atoms with E-state index < -0.39 is 6.10 Å². The van der Waals surface area contributed by atoms with Crippen LogP contribution >= 0.6 is 22.9 Å². The van der Waals surface area contributed by atoms with Crippen LogP contribution in [0, 0.1) is 12.8 Å². The average Bonchev–Trinajstić information content (AvgIpc) is 2.74. The van der Waals surface area contributed by atoms with Crippen molar-refractivity contribution in [2.24, 2.45) is 5.92 Å². The highest BCUT2D eigenvalue weighted by molar-refractivity contribution is 7.16. The second-order valence-electron chi connectivity index (χ2n) is 4.08. The highest BCUT2D eigenvalue weighted by Gasteiger charge is 2.32. The Morgan fingerprint density at radius 1 is 1.67 bits per heavy atom. The second kappa shape index (κ2) is 4.42. The molecule has 2 nitrogen and oxygen atoms in total. The summed E-state index contributed by atoms with van der Waals surface area (Å²) in [6.45, 7) is 4.73. The van der Waals surface area contributed by atoms with Gasteiger partial charge in [0.05, 0.1) is 16.5 Å². The fraction of sp³-hybridized carbons (Fsp3) is 0.636. The van der Waals surface area contributed by atoms with Crippen molar-refractivity contribution >= 4 is 22.9 Å². The number of aryl methyl sites for hydroxylation is 1. The predicted octanol–water partition coefficient (Wildman–Crippen LogP) is 3.17. The maximum atomic E-state index is 10.2. The van der Waals surface area contributed by atoms with Crippen LogP contribution in [0.1, 0.15) is 29.9 Å². The lowest BCUT2D eigenvalue weighted by Crippen LogP contribution is -2.18. The van der Waals surface area contributed by atoms with E-state index >= 15 is 0 Å².